The molecule has 0 N–H and O–H groups in total. The molecule has 0 saturated carbocycles. The summed E-state index contributed by atoms with van der Waals surface area (Å²) in [6.45, 7) is 3.48. The third-order valence-electron chi connectivity index (χ3n) is 5.16. The van der Waals surface area contributed by atoms with Gasteiger partial charge in [0, 0.05) is 54.5 Å². The summed E-state index contributed by atoms with van der Waals surface area (Å²) in [6, 6.07) is 11.4. The molecule has 0 bridgehead atoms. The van der Waals surface area contributed by atoms with Gasteiger partial charge >= 0.3 is 0 Å². The van der Waals surface area contributed by atoms with Crippen molar-refractivity contribution < 1.29 is 4.79 Å². The van der Waals surface area contributed by atoms with Gasteiger partial charge in [0.05, 0.1) is 24.3 Å². The van der Waals surface area contributed by atoms with Gasteiger partial charge in [-0.3, -0.25) is 9.78 Å². The van der Waals surface area contributed by atoms with E-state index in [1.165, 1.54) is 0 Å². The zero-order chi connectivity index (χ0) is 21.8. The molecule has 31 heavy (non-hydrogen) atoms. The maximum Gasteiger partial charge on any atom is 0.242 e. The molecule has 1 amide bonds. The standard InChI is InChI=1S/C23H23ClN6O/c1-3-29-13-12-26-20(29)14-28(2)21(31)15-30-16-27-22(17-4-6-19(24)7-5-17)23(30)18-8-10-25-11-9-18/h4-13,16H,3,14-15H2,1-2H3. The molecule has 8 heteroatoms. The zero-order valence-corrected chi connectivity index (χ0v) is 18.2. The van der Waals surface area contributed by atoms with Crippen molar-refractivity contribution in [3.63, 3.8) is 0 Å². The topological polar surface area (TPSA) is 68.8 Å². The van der Waals surface area contributed by atoms with Gasteiger partial charge in [0.2, 0.25) is 5.91 Å². The number of pyridine rings is 1. The summed E-state index contributed by atoms with van der Waals surface area (Å²) >= 11 is 6.05. The second-order valence-electron chi connectivity index (χ2n) is 7.19. The third-order valence-corrected chi connectivity index (χ3v) is 5.41. The highest BCUT2D eigenvalue weighted by atomic mass is 35.5. The Morgan fingerprint density at radius 2 is 1.74 bits per heavy atom. The van der Waals surface area contributed by atoms with Crippen LogP contribution in [0.5, 0.6) is 0 Å². The van der Waals surface area contributed by atoms with E-state index in [1.807, 2.05) is 51.7 Å². The summed E-state index contributed by atoms with van der Waals surface area (Å²) in [5, 5.41) is 0.663. The van der Waals surface area contributed by atoms with Crippen LogP contribution < -0.4 is 0 Å². The first-order valence-electron chi connectivity index (χ1n) is 10.0. The summed E-state index contributed by atoms with van der Waals surface area (Å²) in [4.78, 5) is 27.8. The molecule has 0 spiro atoms. The van der Waals surface area contributed by atoms with Crippen LogP contribution in [0.25, 0.3) is 22.5 Å². The predicted molar refractivity (Wildman–Crippen MR) is 120 cm³/mol. The molecular weight excluding hydrogens is 412 g/mol. The van der Waals surface area contributed by atoms with Gasteiger partial charge in [-0.15, -0.1) is 0 Å². The molecule has 0 fully saturated rings. The minimum absolute atomic E-state index is 0.0268. The van der Waals surface area contributed by atoms with Crippen LogP contribution in [0.15, 0.2) is 67.5 Å². The summed E-state index contributed by atoms with van der Waals surface area (Å²) in [5.74, 6) is 0.834. The number of hydrogen-bond donors (Lipinski definition) is 0. The number of likely N-dealkylation sites (N-methyl/N-ethyl adjacent to an activating group) is 1. The van der Waals surface area contributed by atoms with Crippen LogP contribution in [0.4, 0.5) is 0 Å². The van der Waals surface area contributed by atoms with Gasteiger partial charge in [0.15, 0.2) is 0 Å². The van der Waals surface area contributed by atoms with Gasteiger partial charge in [-0.25, -0.2) is 9.97 Å². The Hall–Kier alpha value is -3.45. The number of carbonyl (C=O) groups is 1. The first-order chi connectivity index (χ1) is 15.1. The molecule has 0 saturated heterocycles. The molecular formula is C23H23ClN6O. The second-order valence-corrected chi connectivity index (χ2v) is 7.63. The van der Waals surface area contributed by atoms with E-state index in [0.717, 1.165) is 34.9 Å². The van der Waals surface area contributed by atoms with Gasteiger partial charge in [0.25, 0.3) is 0 Å². The Kier molecular flexibility index (Phi) is 6.13. The van der Waals surface area contributed by atoms with Crippen LogP contribution in [0.2, 0.25) is 5.02 Å². The number of imidazole rings is 2. The summed E-state index contributed by atoms with van der Waals surface area (Å²) < 4.78 is 3.91. The van der Waals surface area contributed by atoms with Gasteiger partial charge in [-0.1, -0.05) is 23.7 Å². The number of carbonyl (C=O) groups excluding carboxylic acids is 1. The van der Waals surface area contributed by atoms with Crippen molar-refractivity contribution in [3.05, 3.63) is 78.4 Å². The first-order valence-corrected chi connectivity index (χ1v) is 10.4. The van der Waals surface area contributed by atoms with E-state index >= 15 is 0 Å². The lowest BCUT2D eigenvalue weighted by molar-refractivity contribution is -0.131. The molecule has 0 atom stereocenters. The van der Waals surface area contributed by atoms with Crippen molar-refractivity contribution >= 4 is 17.5 Å². The molecule has 0 aliphatic carbocycles. The fraction of sp³-hybridized carbons (Fsp3) is 0.217. The largest absolute Gasteiger partial charge is 0.337 e. The average Bonchev–Trinajstić information content (AvgIpc) is 3.41. The summed E-state index contributed by atoms with van der Waals surface area (Å²) in [7, 11) is 1.79. The van der Waals surface area contributed by atoms with Crippen molar-refractivity contribution in [2.24, 2.45) is 0 Å². The van der Waals surface area contributed by atoms with Crippen molar-refractivity contribution in [1.82, 2.24) is 29.0 Å². The highest BCUT2D eigenvalue weighted by Gasteiger charge is 2.19. The normalized spacial score (nSPS) is 10.9. The van der Waals surface area contributed by atoms with E-state index in [1.54, 1.807) is 36.9 Å². The molecule has 4 rings (SSSR count). The number of halogens is 1. The Labute approximate surface area is 186 Å². The quantitative estimate of drug-likeness (QED) is 0.438. The van der Waals surface area contributed by atoms with Crippen molar-refractivity contribution in [2.45, 2.75) is 26.6 Å². The van der Waals surface area contributed by atoms with Gasteiger partial charge < -0.3 is 14.0 Å². The molecule has 0 aliphatic heterocycles. The number of hydrogen-bond acceptors (Lipinski definition) is 4. The number of benzene rings is 1. The van der Waals surface area contributed by atoms with E-state index in [9.17, 15) is 4.79 Å². The van der Waals surface area contributed by atoms with E-state index in [2.05, 4.69) is 21.9 Å². The van der Waals surface area contributed by atoms with Crippen molar-refractivity contribution in [1.29, 1.82) is 0 Å². The average molecular weight is 435 g/mol. The lowest BCUT2D eigenvalue weighted by Gasteiger charge is -2.19. The van der Waals surface area contributed by atoms with Crippen LogP contribution >= 0.6 is 11.6 Å². The van der Waals surface area contributed by atoms with Crippen molar-refractivity contribution in [3.8, 4) is 22.5 Å². The Balaban J connectivity index is 1.63. The lowest BCUT2D eigenvalue weighted by Crippen LogP contribution is -2.31. The smallest absolute Gasteiger partial charge is 0.242 e. The minimum atomic E-state index is -0.0268. The van der Waals surface area contributed by atoms with Crippen LogP contribution in [-0.2, 0) is 24.4 Å². The Morgan fingerprint density at radius 1 is 1.00 bits per heavy atom. The van der Waals surface area contributed by atoms with Gasteiger partial charge in [-0.05, 0) is 31.2 Å². The summed E-state index contributed by atoms with van der Waals surface area (Å²) in [6.07, 6.45) is 8.85. The zero-order valence-electron chi connectivity index (χ0n) is 17.4. The molecule has 0 unspecified atom stereocenters. The van der Waals surface area contributed by atoms with Crippen LogP contribution in [-0.4, -0.2) is 41.9 Å². The molecule has 0 aliphatic rings. The fourth-order valence-corrected chi connectivity index (χ4v) is 3.61. The Morgan fingerprint density at radius 3 is 2.45 bits per heavy atom. The summed E-state index contributed by atoms with van der Waals surface area (Å²) in [5.41, 5.74) is 3.52. The molecule has 4 aromatic rings. The van der Waals surface area contributed by atoms with Gasteiger partial charge in [0.1, 0.15) is 12.4 Å². The maximum absolute atomic E-state index is 13.0. The Bertz CT molecular complexity index is 1170. The molecule has 3 aromatic heterocycles. The third kappa shape index (κ3) is 4.51. The highest BCUT2D eigenvalue weighted by Crippen LogP contribution is 2.31. The second kappa shape index (κ2) is 9.14. The van der Waals surface area contributed by atoms with Gasteiger partial charge in [-0.2, -0.15) is 0 Å². The lowest BCUT2D eigenvalue weighted by atomic mass is 10.1. The maximum atomic E-state index is 13.0. The molecule has 1 aromatic carbocycles. The first kappa shape index (κ1) is 20.8. The van der Waals surface area contributed by atoms with E-state index < -0.39 is 0 Å². The minimum Gasteiger partial charge on any atom is -0.337 e. The fourth-order valence-electron chi connectivity index (χ4n) is 3.48. The van der Waals surface area contributed by atoms with Crippen molar-refractivity contribution in [2.75, 3.05) is 7.05 Å². The van der Waals surface area contributed by atoms with Crippen LogP contribution in [0.3, 0.4) is 0 Å². The molecule has 0 radical (unpaired) electrons. The van der Waals surface area contributed by atoms with E-state index in [0.29, 0.717) is 11.6 Å². The van der Waals surface area contributed by atoms with E-state index in [-0.39, 0.29) is 12.5 Å². The monoisotopic (exact) mass is 434 g/mol. The number of amides is 1. The van der Waals surface area contributed by atoms with Crippen LogP contribution in [0, 0.1) is 0 Å². The van der Waals surface area contributed by atoms with Crippen LogP contribution in [0.1, 0.15) is 12.7 Å². The number of nitrogens with zero attached hydrogens (tertiary/aromatic N) is 6. The molecule has 7 nitrogen and oxygen atoms in total. The number of aryl methyl sites for hydroxylation is 1. The molecule has 158 valence electrons. The number of aromatic nitrogens is 5. The van der Waals surface area contributed by atoms with E-state index in [4.69, 9.17) is 11.6 Å². The molecule has 3 heterocycles. The SMILES string of the molecule is CCn1ccnc1CN(C)C(=O)Cn1cnc(-c2ccc(Cl)cc2)c1-c1ccncc1. The highest BCUT2D eigenvalue weighted by molar-refractivity contribution is 6.30. The number of rotatable bonds is 7. The predicted octanol–water partition coefficient (Wildman–Crippen LogP) is 4.14.